The summed E-state index contributed by atoms with van der Waals surface area (Å²) in [5, 5.41) is 19.5. The van der Waals surface area contributed by atoms with E-state index in [1.54, 1.807) is 36.4 Å². The Morgan fingerprint density at radius 2 is 1.69 bits per heavy atom. The molecule has 3 rings (SSSR count). The number of benzene rings is 3. The van der Waals surface area contributed by atoms with Gasteiger partial charge in [-0.15, -0.1) is 0 Å². The first-order valence-electron chi connectivity index (χ1n) is 10.0. The van der Waals surface area contributed by atoms with Crippen LogP contribution in [0.15, 0.2) is 66.7 Å². The number of nitrogens with zero attached hydrogens (tertiary/aromatic N) is 1. The topological polar surface area (TPSA) is 113 Å². The van der Waals surface area contributed by atoms with Crippen molar-refractivity contribution in [2.45, 2.75) is 19.1 Å². The van der Waals surface area contributed by atoms with Gasteiger partial charge in [-0.25, -0.2) is 0 Å². The molecule has 0 aliphatic rings. The van der Waals surface area contributed by atoms with Crippen molar-refractivity contribution in [3.8, 4) is 0 Å². The van der Waals surface area contributed by atoms with Crippen LogP contribution in [-0.2, 0) is 11.0 Å². The van der Waals surface area contributed by atoms with Gasteiger partial charge in [0.2, 0.25) is 5.91 Å². The van der Waals surface area contributed by atoms with Crippen LogP contribution >= 0.6 is 11.6 Å². The molecule has 0 aliphatic heterocycles. The zero-order valence-electron chi connectivity index (χ0n) is 18.0. The molecular weight excluding hydrogens is 489 g/mol. The fourth-order valence-corrected chi connectivity index (χ4v) is 3.27. The number of carbonyl (C=O) groups excluding carboxylic acids is 2. The van der Waals surface area contributed by atoms with E-state index in [4.69, 9.17) is 11.6 Å². The number of anilines is 3. The molecule has 8 nitrogen and oxygen atoms in total. The molecule has 0 bridgehead atoms. The van der Waals surface area contributed by atoms with E-state index in [-0.39, 0.29) is 16.9 Å². The van der Waals surface area contributed by atoms with Crippen LogP contribution in [0.5, 0.6) is 0 Å². The Balaban J connectivity index is 1.76. The maximum atomic E-state index is 12.9. The molecule has 3 aromatic rings. The second-order valence-electron chi connectivity index (χ2n) is 7.35. The Bertz CT molecular complexity index is 1280. The summed E-state index contributed by atoms with van der Waals surface area (Å²) in [6, 6.07) is 13.5. The fourth-order valence-electron chi connectivity index (χ4n) is 3.08. The molecule has 0 saturated heterocycles. The average molecular weight is 507 g/mol. The first kappa shape index (κ1) is 25.5. The van der Waals surface area contributed by atoms with Crippen molar-refractivity contribution in [3.05, 3.63) is 93.0 Å². The number of alkyl halides is 3. The molecule has 0 saturated carbocycles. The van der Waals surface area contributed by atoms with Crippen LogP contribution < -0.4 is 16.0 Å². The van der Waals surface area contributed by atoms with Crippen molar-refractivity contribution < 1.29 is 27.7 Å². The second-order valence-corrected chi connectivity index (χ2v) is 7.79. The normalized spacial score (nSPS) is 11.9. The minimum Gasteiger partial charge on any atom is -0.368 e. The number of nitro groups is 1. The van der Waals surface area contributed by atoms with Gasteiger partial charge in [-0.3, -0.25) is 19.7 Å². The summed E-state index contributed by atoms with van der Waals surface area (Å²) >= 11 is 5.92. The predicted octanol–water partition coefficient (Wildman–Crippen LogP) is 5.96. The Labute approximate surface area is 202 Å². The summed E-state index contributed by atoms with van der Waals surface area (Å²) in [4.78, 5) is 35.8. The van der Waals surface area contributed by atoms with Crippen LogP contribution in [-0.4, -0.2) is 22.8 Å². The highest BCUT2D eigenvalue weighted by molar-refractivity contribution is 6.31. The number of para-hydroxylation sites is 1. The van der Waals surface area contributed by atoms with Crippen LogP contribution in [0.25, 0.3) is 0 Å². The number of nitro benzene ring substituents is 1. The highest BCUT2D eigenvalue weighted by Crippen LogP contribution is 2.35. The number of carbonyl (C=O) groups is 2. The van der Waals surface area contributed by atoms with E-state index in [1.807, 2.05) is 0 Å². The van der Waals surface area contributed by atoms with E-state index >= 15 is 0 Å². The SMILES string of the molecule is C[C@@H](Nc1ccc(C(F)(F)F)cc1[N+](=O)[O-])C(=O)Nc1ccccc1C(=O)Nc1cccc(Cl)c1. The zero-order valence-corrected chi connectivity index (χ0v) is 18.8. The van der Waals surface area contributed by atoms with Crippen LogP contribution in [0, 0.1) is 10.1 Å². The number of nitrogens with one attached hydrogen (secondary N) is 3. The van der Waals surface area contributed by atoms with Crippen LogP contribution in [0.1, 0.15) is 22.8 Å². The number of halogens is 4. The molecular formula is C23H18ClF3N4O4. The van der Waals surface area contributed by atoms with Gasteiger partial charge in [0.05, 0.1) is 21.7 Å². The van der Waals surface area contributed by atoms with Crippen molar-refractivity contribution in [3.63, 3.8) is 0 Å². The fraction of sp³-hybridized carbons (Fsp3) is 0.130. The number of rotatable bonds is 7. The Morgan fingerprint density at radius 3 is 2.34 bits per heavy atom. The Hall–Kier alpha value is -4.12. The molecule has 0 unspecified atom stereocenters. The van der Waals surface area contributed by atoms with Crippen molar-refractivity contribution in [1.29, 1.82) is 0 Å². The van der Waals surface area contributed by atoms with Crippen LogP contribution in [0.2, 0.25) is 5.02 Å². The van der Waals surface area contributed by atoms with Gasteiger partial charge in [0.25, 0.3) is 11.6 Å². The second kappa shape index (κ2) is 10.4. The third-order valence-corrected chi connectivity index (χ3v) is 5.03. The first-order valence-corrected chi connectivity index (χ1v) is 10.4. The molecule has 0 aliphatic carbocycles. The largest absolute Gasteiger partial charge is 0.416 e. The quantitative estimate of drug-likeness (QED) is 0.270. The van der Waals surface area contributed by atoms with Gasteiger partial charge in [0.1, 0.15) is 11.7 Å². The first-order chi connectivity index (χ1) is 16.5. The molecule has 182 valence electrons. The summed E-state index contributed by atoms with van der Waals surface area (Å²) in [6.07, 6.45) is -4.76. The average Bonchev–Trinajstić information content (AvgIpc) is 2.78. The highest BCUT2D eigenvalue weighted by atomic mass is 35.5. The van der Waals surface area contributed by atoms with Gasteiger partial charge >= 0.3 is 6.18 Å². The van der Waals surface area contributed by atoms with E-state index in [2.05, 4.69) is 16.0 Å². The molecule has 0 aromatic heterocycles. The molecule has 2 amide bonds. The molecule has 0 spiro atoms. The lowest BCUT2D eigenvalue weighted by atomic mass is 10.1. The lowest BCUT2D eigenvalue weighted by Crippen LogP contribution is -2.32. The number of amides is 2. The molecule has 0 heterocycles. The molecule has 12 heteroatoms. The van der Waals surface area contributed by atoms with Gasteiger partial charge in [-0.2, -0.15) is 13.2 Å². The maximum Gasteiger partial charge on any atom is 0.416 e. The lowest BCUT2D eigenvalue weighted by Gasteiger charge is -2.17. The van der Waals surface area contributed by atoms with E-state index in [1.165, 1.54) is 19.1 Å². The molecule has 0 fully saturated rings. The van der Waals surface area contributed by atoms with Gasteiger partial charge < -0.3 is 16.0 Å². The molecule has 35 heavy (non-hydrogen) atoms. The summed E-state index contributed by atoms with van der Waals surface area (Å²) in [5.74, 6) is -1.20. The van der Waals surface area contributed by atoms with Gasteiger partial charge in [0.15, 0.2) is 0 Å². The standard InChI is InChI=1S/C23H18ClF3N4O4/c1-13(28-19-10-9-14(23(25,26)27)11-20(19)31(34)35)21(32)30-18-8-3-2-7-17(18)22(33)29-16-6-4-5-15(24)12-16/h2-13,28H,1H3,(H,29,33)(H,30,32)/t13-/m1/s1. The predicted molar refractivity (Wildman–Crippen MR) is 126 cm³/mol. The Kier molecular flexibility index (Phi) is 7.60. The van der Waals surface area contributed by atoms with Crippen molar-refractivity contribution in [2.75, 3.05) is 16.0 Å². The maximum absolute atomic E-state index is 12.9. The summed E-state index contributed by atoms with van der Waals surface area (Å²) in [5.41, 5.74) is -1.56. The molecule has 3 N–H and O–H groups in total. The van der Waals surface area contributed by atoms with E-state index in [0.717, 1.165) is 6.07 Å². The number of hydrogen-bond donors (Lipinski definition) is 3. The van der Waals surface area contributed by atoms with Crippen LogP contribution in [0.4, 0.5) is 35.9 Å². The van der Waals surface area contributed by atoms with Crippen LogP contribution in [0.3, 0.4) is 0 Å². The minimum atomic E-state index is -4.76. The highest BCUT2D eigenvalue weighted by Gasteiger charge is 2.33. The monoisotopic (exact) mass is 506 g/mol. The minimum absolute atomic E-state index is 0.133. The van der Waals surface area contributed by atoms with Crippen molar-refractivity contribution in [1.82, 2.24) is 0 Å². The summed E-state index contributed by atoms with van der Waals surface area (Å²) < 4.78 is 38.7. The smallest absolute Gasteiger partial charge is 0.368 e. The van der Waals surface area contributed by atoms with Gasteiger partial charge in [0, 0.05) is 16.8 Å². The van der Waals surface area contributed by atoms with Crippen molar-refractivity contribution >= 4 is 46.2 Å². The van der Waals surface area contributed by atoms with E-state index in [9.17, 15) is 32.9 Å². The summed E-state index contributed by atoms with van der Waals surface area (Å²) in [6.45, 7) is 1.37. The van der Waals surface area contributed by atoms with Gasteiger partial charge in [-0.05, 0) is 49.4 Å². The van der Waals surface area contributed by atoms with Crippen molar-refractivity contribution in [2.24, 2.45) is 0 Å². The van der Waals surface area contributed by atoms with E-state index < -0.39 is 40.2 Å². The third kappa shape index (κ3) is 6.48. The van der Waals surface area contributed by atoms with E-state index in [0.29, 0.717) is 22.8 Å². The lowest BCUT2D eigenvalue weighted by molar-refractivity contribution is -0.384. The van der Waals surface area contributed by atoms with Gasteiger partial charge in [-0.1, -0.05) is 29.8 Å². The number of hydrogen-bond acceptors (Lipinski definition) is 5. The molecule has 3 aromatic carbocycles. The molecule has 1 atom stereocenters. The Morgan fingerprint density at radius 1 is 0.971 bits per heavy atom. The third-order valence-electron chi connectivity index (χ3n) is 4.80. The summed E-state index contributed by atoms with van der Waals surface area (Å²) in [7, 11) is 0. The zero-order chi connectivity index (χ0) is 25.8. The molecule has 0 radical (unpaired) electrons.